The zero-order valence-corrected chi connectivity index (χ0v) is 6.17. The van der Waals surface area contributed by atoms with Crippen LogP contribution in [0.5, 0.6) is 0 Å². The van der Waals surface area contributed by atoms with E-state index < -0.39 is 0 Å². The van der Waals surface area contributed by atoms with Crippen molar-refractivity contribution in [3.63, 3.8) is 0 Å². The van der Waals surface area contributed by atoms with Gasteiger partial charge in [0.1, 0.15) is 20.4 Å². The second kappa shape index (κ2) is 4.73. The predicted molar refractivity (Wildman–Crippen MR) is 39.3 cm³/mol. The van der Waals surface area contributed by atoms with Crippen LogP contribution in [0.15, 0.2) is 12.7 Å². The minimum absolute atomic E-state index is 0.366. The number of hydrogen-bond acceptors (Lipinski definition) is 2. The highest BCUT2D eigenvalue weighted by Gasteiger charge is 1.96. The average Bonchev–Trinajstić information content (AvgIpc) is 1.87. The SMILES string of the molecule is C=CC(=O)OCC[N+](=C)C. The Bertz CT molecular complexity index is 152. The summed E-state index contributed by atoms with van der Waals surface area (Å²) in [6.45, 7) is 7.84. The van der Waals surface area contributed by atoms with Crippen molar-refractivity contribution < 1.29 is 14.1 Å². The van der Waals surface area contributed by atoms with Crippen molar-refractivity contribution >= 4 is 12.7 Å². The van der Waals surface area contributed by atoms with Crippen molar-refractivity contribution in [2.45, 2.75) is 0 Å². The predicted octanol–water partition coefficient (Wildman–Crippen LogP) is 0.0585. The largest absolute Gasteiger partial charge is 0.456 e. The monoisotopic (exact) mass is 142 g/mol. The smallest absolute Gasteiger partial charge is 0.330 e. The van der Waals surface area contributed by atoms with Gasteiger partial charge in [0.05, 0.1) is 0 Å². The normalized spacial score (nSPS) is 8.50. The third-order valence-corrected chi connectivity index (χ3v) is 0.884. The lowest BCUT2D eigenvalue weighted by Crippen LogP contribution is -2.13. The number of esters is 1. The highest BCUT2D eigenvalue weighted by atomic mass is 16.5. The lowest BCUT2D eigenvalue weighted by molar-refractivity contribution is -0.490. The second-order valence-corrected chi connectivity index (χ2v) is 1.95. The topological polar surface area (TPSA) is 29.3 Å². The maximum absolute atomic E-state index is 10.4. The minimum Gasteiger partial charge on any atom is -0.456 e. The van der Waals surface area contributed by atoms with Crippen LogP contribution in [0, 0.1) is 0 Å². The number of ether oxygens (including phenoxy) is 1. The Morgan fingerprint density at radius 2 is 2.40 bits per heavy atom. The van der Waals surface area contributed by atoms with Crippen LogP contribution in [0.1, 0.15) is 0 Å². The highest BCUT2D eigenvalue weighted by Crippen LogP contribution is 1.77. The standard InChI is InChI=1S/C7H12NO2/c1-4-7(9)10-6-5-8(2)3/h4H,1-2,5-6H2,3H3/q+1. The van der Waals surface area contributed by atoms with Crippen LogP contribution < -0.4 is 0 Å². The van der Waals surface area contributed by atoms with E-state index in [0.717, 1.165) is 6.08 Å². The van der Waals surface area contributed by atoms with Crippen LogP contribution in [0.3, 0.4) is 0 Å². The molecule has 0 N–H and O–H groups in total. The van der Waals surface area contributed by atoms with Crippen LogP contribution in [-0.2, 0) is 9.53 Å². The fourth-order valence-corrected chi connectivity index (χ4v) is 0.361. The van der Waals surface area contributed by atoms with E-state index >= 15 is 0 Å². The molecule has 3 nitrogen and oxygen atoms in total. The molecule has 0 rings (SSSR count). The van der Waals surface area contributed by atoms with Gasteiger partial charge in [0, 0.05) is 6.08 Å². The summed E-state index contributed by atoms with van der Waals surface area (Å²) in [5, 5.41) is 0. The Hall–Kier alpha value is -1.12. The Morgan fingerprint density at radius 3 is 2.80 bits per heavy atom. The molecule has 0 aromatic carbocycles. The van der Waals surface area contributed by atoms with E-state index in [2.05, 4.69) is 18.0 Å². The molecule has 0 aliphatic heterocycles. The molecule has 0 aromatic heterocycles. The highest BCUT2D eigenvalue weighted by molar-refractivity contribution is 5.81. The van der Waals surface area contributed by atoms with Gasteiger partial charge in [0.2, 0.25) is 0 Å². The summed E-state index contributed by atoms with van der Waals surface area (Å²) in [6.07, 6.45) is 1.14. The van der Waals surface area contributed by atoms with Gasteiger partial charge >= 0.3 is 5.97 Å². The molecule has 0 unspecified atom stereocenters. The first kappa shape index (κ1) is 8.88. The van der Waals surface area contributed by atoms with E-state index in [0.29, 0.717) is 13.2 Å². The summed E-state index contributed by atoms with van der Waals surface area (Å²) in [6, 6.07) is 0. The lowest BCUT2D eigenvalue weighted by atomic mass is 10.6. The Labute approximate surface area is 60.6 Å². The Morgan fingerprint density at radius 1 is 1.80 bits per heavy atom. The number of carbonyl (C=O) groups excluding carboxylic acids is 1. The first-order chi connectivity index (χ1) is 4.66. The second-order valence-electron chi connectivity index (χ2n) is 1.95. The zero-order chi connectivity index (χ0) is 7.98. The number of rotatable bonds is 4. The maximum Gasteiger partial charge on any atom is 0.330 e. The molecule has 0 saturated heterocycles. The molecule has 10 heavy (non-hydrogen) atoms. The van der Waals surface area contributed by atoms with Crippen molar-refractivity contribution in [2.75, 3.05) is 20.2 Å². The molecule has 0 bridgehead atoms. The molecular formula is C7H12NO2+. The third-order valence-electron chi connectivity index (χ3n) is 0.884. The number of carbonyl (C=O) groups is 1. The average molecular weight is 142 g/mol. The van der Waals surface area contributed by atoms with E-state index in [1.807, 2.05) is 7.05 Å². The van der Waals surface area contributed by atoms with Crippen molar-refractivity contribution in [3.8, 4) is 0 Å². The summed E-state index contributed by atoms with van der Waals surface area (Å²) in [4.78, 5) is 10.4. The van der Waals surface area contributed by atoms with Crippen molar-refractivity contribution in [2.24, 2.45) is 0 Å². The van der Waals surface area contributed by atoms with E-state index in [-0.39, 0.29) is 5.97 Å². The van der Waals surface area contributed by atoms with Gasteiger partial charge in [-0.1, -0.05) is 6.58 Å². The van der Waals surface area contributed by atoms with Gasteiger partial charge in [0.15, 0.2) is 6.54 Å². The van der Waals surface area contributed by atoms with Gasteiger partial charge in [-0.2, -0.15) is 0 Å². The molecule has 56 valence electrons. The molecule has 0 heterocycles. The molecule has 0 radical (unpaired) electrons. The molecule has 3 heteroatoms. The minimum atomic E-state index is -0.387. The molecule has 0 amide bonds. The van der Waals surface area contributed by atoms with Gasteiger partial charge in [-0.25, -0.2) is 9.37 Å². The molecule has 0 aliphatic carbocycles. The first-order valence-electron chi connectivity index (χ1n) is 2.97. The van der Waals surface area contributed by atoms with Crippen molar-refractivity contribution in [1.29, 1.82) is 0 Å². The quantitative estimate of drug-likeness (QED) is 0.240. The van der Waals surface area contributed by atoms with E-state index in [4.69, 9.17) is 0 Å². The fraction of sp³-hybridized carbons (Fsp3) is 0.429. The maximum atomic E-state index is 10.4. The van der Waals surface area contributed by atoms with Gasteiger partial charge in [0.25, 0.3) is 0 Å². The van der Waals surface area contributed by atoms with Crippen molar-refractivity contribution in [3.05, 3.63) is 12.7 Å². The van der Waals surface area contributed by atoms with Crippen LogP contribution in [0.4, 0.5) is 0 Å². The summed E-state index contributed by atoms with van der Waals surface area (Å²) >= 11 is 0. The summed E-state index contributed by atoms with van der Waals surface area (Å²) in [5.41, 5.74) is 0. The number of likely N-dealkylation sites (N-methyl/N-ethyl adjacent to an activating group) is 1. The van der Waals surface area contributed by atoms with Gasteiger partial charge in [-0.15, -0.1) is 0 Å². The lowest BCUT2D eigenvalue weighted by Gasteiger charge is -1.96. The Kier molecular flexibility index (Phi) is 4.20. The third kappa shape index (κ3) is 5.03. The zero-order valence-electron chi connectivity index (χ0n) is 6.17. The summed E-state index contributed by atoms with van der Waals surface area (Å²) in [7, 11) is 1.81. The number of hydrogen-bond donors (Lipinski definition) is 0. The van der Waals surface area contributed by atoms with E-state index in [1.165, 1.54) is 0 Å². The van der Waals surface area contributed by atoms with Crippen LogP contribution in [0.2, 0.25) is 0 Å². The van der Waals surface area contributed by atoms with Gasteiger partial charge < -0.3 is 4.74 Å². The van der Waals surface area contributed by atoms with Gasteiger partial charge in [-0.05, 0) is 0 Å². The van der Waals surface area contributed by atoms with Gasteiger partial charge in [-0.3, -0.25) is 0 Å². The molecule has 0 spiro atoms. The van der Waals surface area contributed by atoms with Crippen LogP contribution >= 0.6 is 0 Å². The summed E-state index contributed by atoms with van der Waals surface area (Å²) in [5.74, 6) is -0.387. The Balaban J connectivity index is 3.28. The van der Waals surface area contributed by atoms with Crippen LogP contribution in [-0.4, -0.2) is 37.5 Å². The van der Waals surface area contributed by atoms with E-state index in [9.17, 15) is 4.79 Å². The number of nitrogens with zero attached hydrogens (tertiary/aromatic N) is 1. The molecule has 0 atom stereocenters. The molecule has 0 saturated carbocycles. The molecule has 0 aromatic rings. The molecular weight excluding hydrogens is 130 g/mol. The molecule has 0 fully saturated rings. The van der Waals surface area contributed by atoms with Crippen molar-refractivity contribution in [1.82, 2.24) is 0 Å². The first-order valence-corrected chi connectivity index (χ1v) is 2.97. The fourth-order valence-electron chi connectivity index (χ4n) is 0.361. The summed E-state index contributed by atoms with van der Waals surface area (Å²) < 4.78 is 6.35. The molecule has 0 aliphatic rings. The van der Waals surface area contributed by atoms with Crippen LogP contribution in [0.25, 0.3) is 0 Å². The van der Waals surface area contributed by atoms with E-state index in [1.54, 1.807) is 4.58 Å².